The molecule has 3 heterocycles. The van der Waals surface area contributed by atoms with Gasteiger partial charge in [0.05, 0.1) is 16.3 Å². The number of sulfonamides is 1. The van der Waals surface area contributed by atoms with Gasteiger partial charge in [-0.3, -0.25) is 14.4 Å². The largest absolute Gasteiger partial charge is 0.368 e. The van der Waals surface area contributed by atoms with Crippen LogP contribution in [0.15, 0.2) is 35.5 Å². The number of carbonyl (C=O) groups excluding carboxylic acids is 1. The molecule has 9 nitrogen and oxygen atoms in total. The van der Waals surface area contributed by atoms with Crippen LogP contribution in [0, 0.1) is 0 Å². The lowest BCUT2D eigenvalue weighted by Crippen LogP contribution is -2.50. The first-order chi connectivity index (χ1) is 16.3. The highest BCUT2D eigenvalue weighted by atomic mass is 35.5. The number of amides is 1. The quantitative estimate of drug-likeness (QED) is 0.570. The van der Waals surface area contributed by atoms with Crippen molar-refractivity contribution in [2.24, 2.45) is 7.05 Å². The molecule has 2 aliphatic rings. The molecule has 0 N–H and O–H groups in total. The number of hydrogen-bond donors (Lipinski definition) is 0. The van der Waals surface area contributed by atoms with Crippen LogP contribution in [0.4, 0.5) is 5.69 Å². The molecule has 0 unspecified atom stereocenters. The monoisotopic (exact) mass is 508 g/mol. The van der Waals surface area contributed by atoms with E-state index in [1.807, 2.05) is 24.3 Å². The van der Waals surface area contributed by atoms with Gasteiger partial charge in [-0.15, -0.1) is 0 Å². The Kier molecular flexibility index (Phi) is 7.81. The van der Waals surface area contributed by atoms with Gasteiger partial charge in [0.1, 0.15) is 0 Å². The number of piperazine rings is 2. The number of nitrogens with zero attached hydrogens (tertiary/aromatic N) is 6. The molecule has 2 aromatic rings. The van der Waals surface area contributed by atoms with E-state index in [1.54, 1.807) is 11.9 Å². The van der Waals surface area contributed by atoms with E-state index in [1.165, 1.54) is 15.2 Å². The van der Waals surface area contributed by atoms with Crippen molar-refractivity contribution in [1.29, 1.82) is 0 Å². The molecule has 2 saturated heterocycles. The van der Waals surface area contributed by atoms with E-state index in [2.05, 4.69) is 21.8 Å². The average molecular weight is 509 g/mol. The molecule has 1 aromatic carbocycles. The van der Waals surface area contributed by atoms with Gasteiger partial charge in [-0.2, -0.15) is 9.40 Å². The molecule has 0 atom stereocenters. The zero-order chi connectivity index (χ0) is 24.3. The van der Waals surface area contributed by atoms with Crippen LogP contribution >= 0.6 is 11.6 Å². The fourth-order valence-corrected chi connectivity index (χ4v) is 6.33. The van der Waals surface area contributed by atoms with Gasteiger partial charge in [-0.05, 0) is 25.1 Å². The van der Waals surface area contributed by atoms with Crippen LogP contribution in [0.2, 0.25) is 5.02 Å². The van der Waals surface area contributed by atoms with Crippen molar-refractivity contribution in [2.45, 2.75) is 24.8 Å². The van der Waals surface area contributed by atoms with E-state index in [0.29, 0.717) is 44.3 Å². The highest BCUT2D eigenvalue weighted by Gasteiger charge is 2.36. The maximum absolute atomic E-state index is 13.5. The van der Waals surface area contributed by atoms with Crippen LogP contribution < -0.4 is 4.90 Å². The lowest BCUT2D eigenvalue weighted by atomic mass is 10.2. The Hall–Kier alpha value is -2.14. The fourth-order valence-electron chi connectivity index (χ4n) is 4.53. The summed E-state index contributed by atoms with van der Waals surface area (Å²) in [4.78, 5) is 19.5. The lowest BCUT2D eigenvalue weighted by Gasteiger charge is -2.36. The summed E-state index contributed by atoms with van der Waals surface area (Å²) in [6.45, 7) is 7.61. The van der Waals surface area contributed by atoms with Crippen LogP contribution in [0.5, 0.6) is 0 Å². The Bertz CT molecular complexity index is 1110. The van der Waals surface area contributed by atoms with E-state index in [9.17, 15) is 13.2 Å². The summed E-state index contributed by atoms with van der Waals surface area (Å²) in [6.07, 6.45) is 3.81. The van der Waals surface area contributed by atoms with Gasteiger partial charge in [0, 0.05) is 65.6 Å². The summed E-state index contributed by atoms with van der Waals surface area (Å²) in [7, 11) is -2.26. The molecule has 11 heteroatoms. The minimum absolute atomic E-state index is 0.151. The Morgan fingerprint density at radius 3 is 2.35 bits per heavy atom. The van der Waals surface area contributed by atoms with E-state index < -0.39 is 10.0 Å². The number of aryl methyl sites for hydroxylation is 1. The molecular weight excluding hydrogens is 476 g/mol. The molecule has 0 aliphatic carbocycles. The van der Waals surface area contributed by atoms with Crippen LogP contribution in [-0.4, -0.2) is 97.1 Å². The lowest BCUT2D eigenvalue weighted by molar-refractivity contribution is 0.0631. The van der Waals surface area contributed by atoms with Crippen molar-refractivity contribution in [3.8, 4) is 0 Å². The normalized spacial score (nSPS) is 18.4. The predicted molar refractivity (Wildman–Crippen MR) is 133 cm³/mol. The van der Waals surface area contributed by atoms with Crippen LogP contribution in [0.25, 0.3) is 0 Å². The molecule has 2 aliphatic heterocycles. The van der Waals surface area contributed by atoms with E-state index in [4.69, 9.17) is 11.6 Å². The summed E-state index contributed by atoms with van der Waals surface area (Å²) in [5.74, 6) is -0.267. The molecule has 4 rings (SSSR count). The van der Waals surface area contributed by atoms with Gasteiger partial charge < -0.3 is 9.80 Å². The van der Waals surface area contributed by atoms with Crippen molar-refractivity contribution >= 4 is 33.2 Å². The van der Waals surface area contributed by atoms with Crippen molar-refractivity contribution in [1.82, 2.24) is 23.9 Å². The van der Waals surface area contributed by atoms with Gasteiger partial charge >= 0.3 is 0 Å². The number of anilines is 1. The maximum Gasteiger partial charge on any atom is 0.263 e. The summed E-state index contributed by atoms with van der Waals surface area (Å²) in [5.41, 5.74) is 1.05. The fraction of sp³-hybridized carbons (Fsp3) is 0.565. The smallest absolute Gasteiger partial charge is 0.263 e. The molecule has 0 radical (unpaired) electrons. The van der Waals surface area contributed by atoms with Gasteiger partial charge in [-0.1, -0.05) is 37.1 Å². The molecule has 1 aromatic heterocycles. The topological polar surface area (TPSA) is 82.0 Å². The average Bonchev–Trinajstić information content (AvgIpc) is 3.25. The van der Waals surface area contributed by atoms with Crippen molar-refractivity contribution in [3.63, 3.8) is 0 Å². The highest BCUT2D eigenvalue weighted by Crippen LogP contribution is 2.28. The SMILES string of the molecule is CCCCN1CCN(C(=O)c2cn(C)nc2S(=O)(=O)N2CCN(c3ccccc3Cl)CC2)CC1. The summed E-state index contributed by atoms with van der Waals surface area (Å²) in [5, 5.41) is 4.71. The minimum Gasteiger partial charge on any atom is -0.368 e. The van der Waals surface area contributed by atoms with E-state index in [-0.39, 0.29) is 16.5 Å². The van der Waals surface area contributed by atoms with E-state index in [0.717, 1.165) is 38.2 Å². The molecule has 34 heavy (non-hydrogen) atoms. The standard InChI is InChI=1S/C23H33ClN6O3S/c1-3-4-9-27-10-12-29(13-11-27)23(31)19-18-26(2)25-22(19)34(32,33)30-16-14-28(15-17-30)21-8-6-5-7-20(21)24/h5-8,18H,3-4,9-17H2,1-2H3. The zero-order valence-corrected chi connectivity index (χ0v) is 21.4. The third kappa shape index (κ3) is 5.25. The summed E-state index contributed by atoms with van der Waals surface area (Å²) in [6, 6.07) is 7.55. The van der Waals surface area contributed by atoms with Gasteiger partial charge in [-0.25, -0.2) is 8.42 Å². The van der Waals surface area contributed by atoms with Crippen LogP contribution in [0.3, 0.4) is 0 Å². The number of halogens is 1. The number of rotatable bonds is 7. The Morgan fingerprint density at radius 1 is 1.03 bits per heavy atom. The zero-order valence-electron chi connectivity index (χ0n) is 19.9. The number of para-hydroxylation sites is 1. The Balaban J connectivity index is 1.45. The van der Waals surface area contributed by atoms with Crippen molar-refractivity contribution in [3.05, 3.63) is 41.0 Å². The number of benzene rings is 1. The Morgan fingerprint density at radius 2 is 1.71 bits per heavy atom. The van der Waals surface area contributed by atoms with Crippen molar-refractivity contribution in [2.75, 3.05) is 63.8 Å². The molecule has 1 amide bonds. The van der Waals surface area contributed by atoms with Gasteiger partial charge in [0.25, 0.3) is 15.9 Å². The van der Waals surface area contributed by atoms with Crippen molar-refractivity contribution < 1.29 is 13.2 Å². The second-order valence-corrected chi connectivity index (χ2v) is 11.1. The first kappa shape index (κ1) is 25.0. The van der Waals surface area contributed by atoms with E-state index >= 15 is 0 Å². The number of hydrogen-bond acceptors (Lipinski definition) is 6. The molecule has 2 fully saturated rings. The summed E-state index contributed by atoms with van der Waals surface area (Å²) < 4.78 is 29.9. The molecule has 186 valence electrons. The third-order valence-electron chi connectivity index (χ3n) is 6.53. The number of aromatic nitrogens is 2. The van der Waals surface area contributed by atoms with Crippen LogP contribution in [0.1, 0.15) is 30.1 Å². The second-order valence-electron chi connectivity index (χ2n) is 8.85. The maximum atomic E-state index is 13.5. The van der Waals surface area contributed by atoms with Gasteiger partial charge in [0.2, 0.25) is 5.03 Å². The Labute approximate surface area is 206 Å². The predicted octanol–water partition coefficient (Wildman–Crippen LogP) is 2.14. The van der Waals surface area contributed by atoms with Gasteiger partial charge in [0.15, 0.2) is 0 Å². The number of carbonyl (C=O) groups is 1. The molecule has 0 saturated carbocycles. The molecular formula is C23H33ClN6O3S. The summed E-state index contributed by atoms with van der Waals surface area (Å²) >= 11 is 6.31. The first-order valence-electron chi connectivity index (χ1n) is 11.9. The molecule has 0 spiro atoms. The first-order valence-corrected chi connectivity index (χ1v) is 13.7. The minimum atomic E-state index is -3.91. The number of unbranched alkanes of at least 4 members (excludes halogenated alkanes) is 1. The molecule has 0 bridgehead atoms. The highest BCUT2D eigenvalue weighted by molar-refractivity contribution is 7.89. The third-order valence-corrected chi connectivity index (χ3v) is 8.68. The van der Waals surface area contributed by atoms with Crippen LogP contribution in [-0.2, 0) is 17.1 Å². The second kappa shape index (κ2) is 10.6.